The molecule has 0 unspecified atom stereocenters. The maximum Gasteiger partial charge on any atom is 0.274 e. The second-order valence-corrected chi connectivity index (χ2v) is 17.7. The van der Waals surface area contributed by atoms with E-state index >= 15 is 0 Å². The molecule has 0 saturated carbocycles. The van der Waals surface area contributed by atoms with E-state index in [4.69, 9.17) is 0 Å². The van der Waals surface area contributed by atoms with Gasteiger partial charge in [0.25, 0.3) is 5.91 Å². The fraction of sp³-hybridized carbons (Fsp3) is 0.400. The molecule has 2 aromatic carbocycles. The predicted molar refractivity (Wildman–Crippen MR) is 236 cm³/mol. The Morgan fingerprint density at radius 3 is 2.41 bits per heavy atom. The van der Waals surface area contributed by atoms with Crippen LogP contribution in [-0.2, 0) is 20.9 Å². The molecule has 4 amide bonds. The van der Waals surface area contributed by atoms with E-state index in [0.717, 1.165) is 59.1 Å². The van der Waals surface area contributed by atoms with E-state index in [-0.39, 0.29) is 49.6 Å². The molecule has 0 spiro atoms. The summed E-state index contributed by atoms with van der Waals surface area (Å²) in [5.41, 5.74) is 8.36. The number of β-amino-alcohol motifs (C(OH)–C–C–N with tert-alkyl or cyclic N) is 1. The van der Waals surface area contributed by atoms with Crippen LogP contribution in [0.25, 0.3) is 21.8 Å². The van der Waals surface area contributed by atoms with Crippen molar-refractivity contribution in [2.45, 2.75) is 72.2 Å². The number of nitrogens with zero attached hydrogens (tertiary/aromatic N) is 6. The number of hydrogen-bond donors (Lipinski definition) is 5. The molecule has 0 aliphatic carbocycles. The Labute approximate surface area is 360 Å². The third-order valence-corrected chi connectivity index (χ3v) is 12.3. The third-order valence-electron chi connectivity index (χ3n) is 11.3. The van der Waals surface area contributed by atoms with E-state index in [9.17, 15) is 24.3 Å². The van der Waals surface area contributed by atoms with Crippen LogP contribution in [0.3, 0.4) is 0 Å². The highest BCUT2D eigenvalue weighted by Gasteiger charge is 2.44. The Morgan fingerprint density at radius 2 is 1.74 bits per heavy atom. The topological polar surface area (TPSA) is 189 Å². The van der Waals surface area contributed by atoms with Crippen LogP contribution in [0.5, 0.6) is 0 Å². The molecular formula is C45H54N10O5S. The van der Waals surface area contributed by atoms with Gasteiger partial charge in [-0.05, 0) is 72.4 Å². The van der Waals surface area contributed by atoms with E-state index in [1.165, 1.54) is 4.90 Å². The van der Waals surface area contributed by atoms with Crippen molar-refractivity contribution in [2.24, 2.45) is 5.41 Å². The summed E-state index contributed by atoms with van der Waals surface area (Å²) < 4.78 is 0. The zero-order chi connectivity index (χ0) is 43.3. The van der Waals surface area contributed by atoms with E-state index in [2.05, 4.69) is 52.0 Å². The number of aromatic nitrogens is 4. The van der Waals surface area contributed by atoms with Gasteiger partial charge in [0, 0.05) is 76.2 Å². The van der Waals surface area contributed by atoms with Gasteiger partial charge in [0.1, 0.15) is 23.5 Å². The number of piperazine rings is 1. The number of pyridine rings is 1. The summed E-state index contributed by atoms with van der Waals surface area (Å²) in [6.07, 6.45) is 1.19. The SMILES string of the molecule is Cc1cc(N2CCN(CCC(=O)N[C@H](C(=O)N3C[C@H](O)C[C@H]3C(=O)NCc3ccc(-c4scnc4C)cc3)C(C)(C)C)CC2)ccc1NC(=O)c1cccc(-c2cc[nH]n2)n1. The van der Waals surface area contributed by atoms with Crippen LogP contribution in [0.15, 0.2) is 78.4 Å². The van der Waals surface area contributed by atoms with Gasteiger partial charge < -0.3 is 30.9 Å². The van der Waals surface area contributed by atoms with Crippen molar-refractivity contribution in [1.82, 2.24) is 40.6 Å². The number of carbonyl (C=O) groups is 4. The number of H-pyrrole nitrogens is 1. The van der Waals surface area contributed by atoms with Gasteiger partial charge in [-0.1, -0.05) is 51.1 Å². The molecule has 16 heteroatoms. The van der Waals surface area contributed by atoms with Gasteiger partial charge in [0.2, 0.25) is 17.7 Å². The van der Waals surface area contributed by atoms with Crippen molar-refractivity contribution in [3.05, 3.63) is 101 Å². The molecule has 2 fully saturated rings. The molecule has 3 aromatic heterocycles. The largest absolute Gasteiger partial charge is 0.391 e. The Hall–Kier alpha value is -5.97. The minimum absolute atomic E-state index is 0.0164. The first-order valence-electron chi connectivity index (χ1n) is 20.6. The van der Waals surface area contributed by atoms with Gasteiger partial charge >= 0.3 is 0 Å². The summed E-state index contributed by atoms with van der Waals surface area (Å²) in [4.78, 5) is 69.9. The highest BCUT2D eigenvalue weighted by molar-refractivity contribution is 7.13. The lowest BCUT2D eigenvalue weighted by Gasteiger charge is -2.37. The number of likely N-dealkylation sites (tertiary alicyclic amines) is 1. The highest BCUT2D eigenvalue weighted by Crippen LogP contribution is 2.29. The Balaban J connectivity index is 0.878. The molecule has 5 heterocycles. The average molecular weight is 847 g/mol. The molecule has 0 radical (unpaired) electrons. The molecule has 15 nitrogen and oxygen atoms in total. The minimum Gasteiger partial charge on any atom is -0.391 e. The van der Waals surface area contributed by atoms with Crippen LogP contribution >= 0.6 is 11.3 Å². The fourth-order valence-electron chi connectivity index (χ4n) is 7.78. The molecule has 5 N–H and O–H groups in total. The monoisotopic (exact) mass is 846 g/mol. The molecule has 2 aliphatic rings. The fourth-order valence-corrected chi connectivity index (χ4v) is 8.59. The Bertz CT molecular complexity index is 2330. The third kappa shape index (κ3) is 10.5. The van der Waals surface area contributed by atoms with E-state index in [1.807, 2.05) is 82.6 Å². The van der Waals surface area contributed by atoms with E-state index < -0.39 is 23.6 Å². The predicted octanol–water partition coefficient (Wildman–Crippen LogP) is 4.79. The summed E-state index contributed by atoms with van der Waals surface area (Å²) in [5.74, 6) is -1.27. The number of hydrogen-bond acceptors (Lipinski definition) is 11. The highest BCUT2D eigenvalue weighted by atomic mass is 32.1. The van der Waals surface area contributed by atoms with Crippen LogP contribution in [0.4, 0.5) is 11.4 Å². The molecule has 5 aromatic rings. The van der Waals surface area contributed by atoms with Crippen molar-refractivity contribution in [3.63, 3.8) is 0 Å². The van der Waals surface area contributed by atoms with Gasteiger partial charge in [-0.3, -0.25) is 29.2 Å². The van der Waals surface area contributed by atoms with Gasteiger partial charge in [-0.15, -0.1) is 11.3 Å². The molecular weight excluding hydrogens is 793 g/mol. The molecule has 2 aliphatic heterocycles. The van der Waals surface area contributed by atoms with Crippen LogP contribution in [-0.4, -0.2) is 116 Å². The summed E-state index contributed by atoms with van der Waals surface area (Å²) in [7, 11) is 0. The number of aliphatic hydroxyl groups is 1. The molecule has 2 saturated heterocycles. The molecule has 320 valence electrons. The summed E-state index contributed by atoms with van der Waals surface area (Å²) in [6, 6.07) is 19.2. The Kier molecular flexibility index (Phi) is 13.3. The van der Waals surface area contributed by atoms with Crippen LogP contribution in [0.2, 0.25) is 0 Å². The van der Waals surface area contributed by atoms with Crippen molar-refractivity contribution in [2.75, 3.05) is 49.5 Å². The molecule has 61 heavy (non-hydrogen) atoms. The number of aryl methyl sites for hydroxylation is 2. The smallest absolute Gasteiger partial charge is 0.274 e. The summed E-state index contributed by atoms with van der Waals surface area (Å²) in [5, 5.41) is 26.5. The average Bonchev–Trinajstić information content (AvgIpc) is 4.04. The first-order valence-corrected chi connectivity index (χ1v) is 21.5. The number of aromatic amines is 1. The zero-order valence-corrected chi connectivity index (χ0v) is 36.1. The second-order valence-electron chi connectivity index (χ2n) is 16.8. The number of rotatable bonds is 13. The number of amides is 4. The number of benzene rings is 2. The van der Waals surface area contributed by atoms with Crippen molar-refractivity contribution in [3.8, 4) is 21.8 Å². The van der Waals surface area contributed by atoms with Crippen molar-refractivity contribution >= 4 is 46.3 Å². The van der Waals surface area contributed by atoms with Crippen LogP contribution in [0, 0.1) is 19.3 Å². The minimum atomic E-state index is -0.889. The van der Waals surface area contributed by atoms with Crippen molar-refractivity contribution in [1.29, 1.82) is 0 Å². The lowest BCUT2D eigenvalue weighted by Crippen LogP contribution is -2.58. The van der Waals surface area contributed by atoms with Crippen LogP contribution in [0.1, 0.15) is 60.9 Å². The molecule has 0 bridgehead atoms. The van der Waals surface area contributed by atoms with E-state index in [1.54, 1.807) is 35.7 Å². The van der Waals surface area contributed by atoms with Gasteiger partial charge in [-0.25, -0.2) is 9.97 Å². The number of anilines is 2. The second kappa shape index (κ2) is 18.7. The van der Waals surface area contributed by atoms with Gasteiger partial charge in [0.15, 0.2) is 0 Å². The number of thiazole rings is 1. The lowest BCUT2D eigenvalue weighted by molar-refractivity contribution is -0.144. The lowest BCUT2D eigenvalue weighted by atomic mass is 9.85. The van der Waals surface area contributed by atoms with Gasteiger partial charge in [-0.2, -0.15) is 5.10 Å². The zero-order valence-electron chi connectivity index (χ0n) is 35.3. The summed E-state index contributed by atoms with van der Waals surface area (Å²) in [6.45, 7) is 13.4. The molecule has 7 rings (SSSR count). The maximum absolute atomic E-state index is 14.1. The van der Waals surface area contributed by atoms with Gasteiger partial charge in [0.05, 0.1) is 27.9 Å². The maximum atomic E-state index is 14.1. The van der Waals surface area contributed by atoms with E-state index in [0.29, 0.717) is 29.3 Å². The molecule has 3 atom stereocenters. The number of carbonyl (C=O) groups excluding carboxylic acids is 4. The normalized spacial score (nSPS) is 17.5. The first-order chi connectivity index (χ1) is 29.2. The number of aliphatic hydroxyl groups excluding tert-OH is 1. The quantitative estimate of drug-likeness (QED) is 0.110. The Morgan fingerprint density at radius 1 is 0.967 bits per heavy atom. The summed E-state index contributed by atoms with van der Waals surface area (Å²) >= 11 is 1.58. The first kappa shape index (κ1) is 43.1. The number of nitrogens with one attached hydrogen (secondary N) is 4. The standard InChI is InChI=1S/C45H54N10O5S/c1-28-23-32(13-14-34(28)50-42(58)37-8-6-7-35(49-37)36-15-17-48-52-36)54-21-19-53(20-22-54)18-16-39(57)51-41(45(3,4)5)44(60)55-26-33(56)24-38(55)43(59)46-25-30-9-11-31(12-10-30)40-29(2)47-27-61-40/h6-15,17,23,27,33,38,41,56H,16,18-22,24-26H2,1-5H3,(H,46,59)(H,48,52)(H,50,58)(H,51,57)/t33-,38+,41-/m1/s1. The van der Waals surface area contributed by atoms with Crippen LogP contribution < -0.4 is 20.9 Å². The van der Waals surface area contributed by atoms with Crippen molar-refractivity contribution < 1.29 is 24.3 Å².